The maximum Gasteiger partial charge on any atom is 0.242 e. The Morgan fingerprint density at radius 3 is 2.39 bits per heavy atom. The standard InChI is InChI=1S/C15H24N2O/c1-4-11-17(14(18)15(3,16)5-2)12-13-9-7-6-8-10-13/h6-10H,4-5,11-12,16H2,1-3H3. The number of nitrogens with zero attached hydrogens (tertiary/aromatic N) is 1. The lowest BCUT2D eigenvalue weighted by molar-refractivity contribution is -0.137. The van der Waals surface area contributed by atoms with Crippen molar-refractivity contribution in [3.05, 3.63) is 35.9 Å². The number of hydrogen-bond donors (Lipinski definition) is 1. The van der Waals surface area contributed by atoms with Gasteiger partial charge < -0.3 is 10.6 Å². The van der Waals surface area contributed by atoms with Crippen LogP contribution >= 0.6 is 0 Å². The van der Waals surface area contributed by atoms with Crippen molar-refractivity contribution in [1.82, 2.24) is 4.90 Å². The highest BCUT2D eigenvalue weighted by Gasteiger charge is 2.30. The van der Waals surface area contributed by atoms with E-state index >= 15 is 0 Å². The molecule has 2 N–H and O–H groups in total. The second-order valence-corrected chi connectivity index (χ2v) is 4.98. The molecule has 100 valence electrons. The van der Waals surface area contributed by atoms with Crippen LogP contribution in [-0.2, 0) is 11.3 Å². The van der Waals surface area contributed by atoms with Crippen LogP contribution in [0, 0.1) is 0 Å². The van der Waals surface area contributed by atoms with E-state index in [0.29, 0.717) is 13.0 Å². The van der Waals surface area contributed by atoms with Gasteiger partial charge >= 0.3 is 0 Å². The first-order chi connectivity index (χ1) is 8.51. The van der Waals surface area contributed by atoms with Gasteiger partial charge in [-0.2, -0.15) is 0 Å². The van der Waals surface area contributed by atoms with E-state index in [-0.39, 0.29) is 5.91 Å². The van der Waals surface area contributed by atoms with Crippen LogP contribution in [0.15, 0.2) is 30.3 Å². The zero-order valence-electron chi connectivity index (χ0n) is 11.6. The summed E-state index contributed by atoms with van der Waals surface area (Å²) < 4.78 is 0. The van der Waals surface area contributed by atoms with Crippen molar-refractivity contribution in [2.45, 2.75) is 45.7 Å². The maximum absolute atomic E-state index is 12.4. The average molecular weight is 248 g/mol. The summed E-state index contributed by atoms with van der Waals surface area (Å²) >= 11 is 0. The minimum absolute atomic E-state index is 0.0377. The van der Waals surface area contributed by atoms with Crippen molar-refractivity contribution in [3.63, 3.8) is 0 Å². The van der Waals surface area contributed by atoms with Gasteiger partial charge in [0.1, 0.15) is 0 Å². The molecule has 0 aromatic heterocycles. The molecule has 0 saturated heterocycles. The zero-order valence-corrected chi connectivity index (χ0v) is 11.6. The first-order valence-corrected chi connectivity index (χ1v) is 6.63. The van der Waals surface area contributed by atoms with Gasteiger partial charge in [-0.3, -0.25) is 4.79 Å². The first kappa shape index (κ1) is 14.7. The summed E-state index contributed by atoms with van der Waals surface area (Å²) in [5.74, 6) is 0.0377. The Bertz CT molecular complexity index is 373. The van der Waals surface area contributed by atoms with Gasteiger partial charge in [-0.1, -0.05) is 44.2 Å². The van der Waals surface area contributed by atoms with Gasteiger partial charge in [0.05, 0.1) is 5.54 Å². The Labute approximate surface area is 110 Å². The van der Waals surface area contributed by atoms with Gasteiger partial charge in [-0.25, -0.2) is 0 Å². The Balaban J connectivity index is 2.80. The van der Waals surface area contributed by atoms with Gasteiger partial charge in [0.25, 0.3) is 0 Å². The monoisotopic (exact) mass is 248 g/mol. The number of carbonyl (C=O) groups excluding carboxylic acids is 1. The van der Waals surface area contributed by atoms with E-state index in [9.17, 15) is 4.79 Å². The van der Waals surface area contributed by atoms with Gasteiger partial charge in [-0.05, 0) is 25.3 Å². The molecule has 1 atom stereocenters. The van der Waals surface area contributed by atoms with Crippen LogP contribution in [0.2, 0.25) is 0 Å². The molecular formula is C15H24N2O. The summed E-state index contributed by atoms with van der Waals surface area (Å²) in [6.07, 6.45) is 1.60. The Morgan fingerprint density at radius 1 is 1.28 bits per heavy atom. The lowest BCUT2D eigenvalue weighted by atomic mass is 9.98. The minimum Gasteiger partial charge on any atom is -0.337 e. The molecule has 18 heavy (non-hydrogen) atoms. The summed E-state index contributed by atoms with van der Waals surface area (Å²) in [5.41, 5.74) is 6.44. The highest BCUT2D eigenvalue weighted by atomic mass is 16.2. The van der Waals surface area contributed by atoms with Gasteiger partial charge in [0.15, 0.2) is 0 Å². The molecule has 3 heteroatoms. The fraction of sp³-hybridized carbons (Fsp3) is 0.533. The molecule has 0 saturated carbocycles. The van der Waals surface area contributed by atoms with Gasteiger partial charge in [0, 0.05) is 13.1 Å². The number of nitrogens with two attached hydrogens (primary N) is 1. The average Bonchev–Trinajstić information content (AvgIpc) is 2.38. The molecule has 0 aliphatic rings. The van der Waals surface area contributed by atoms with E-state index in [2.05, 4.69) is 6.92 Å². The Hall–Kier alpha value is -1.35. The van der Waals surface area contributed by atoms with E-state index in [1.807, 2.05) is 49.1 Å². The third-order valence-corrected chi connectivity index (χ3v) is 3.22. The van der Waals surface area contributed by atoms with E-state index in [0.717, 1.165) is 18.5 Å². The number of carbonyl (C=O) groups is 1. The summed E-state index contributed by atoms with van der Waals surface area (Å²) in [6.45, 7) is 7.22. The quantitative estimate of drug-likeness (QED) is 0.841. The van der Waals surface area contributed by atoms with Crippen molar-refractivity contribution in [3.8, 4) is 0 Å². The molecule has 1 aromatic rings. The highest BCUT2D eigenvalue weighted by Crippen LogP contribution is 2.13. The number of amides is 1. The predicted molar refractivity (Wildman–Crippen MR) is 75.0 cm³/mol. The topological polar surface area (TPSA) is 46.3 Å². The van der Waals surface area contributed by atoms with Crippen molar-refractivity contribution < 1.29 is 4.79 Å². The Morgan fingerprint density at radius 2 is 1.89 bits per heavy atom. The SMILES string of the molecule is CCCN(Cc1ccccc1)C(=O)C(C)(N)CC. The maximum atomic E-state index is 12.4. The van der Waals surface area contributed by atoms with Crippen molar-refractivity contribution in [2.75, 3.05) is 6.54 Å². The molecule has 3 nitrogen and oxygen atoms in total. The smallest absolute Gasteiger partial charge is 0.242 e. The van der Waals surface area contributed by atoms with Crippen LogP contribution in [-0.4, -0.2) is 22.9 Å². The summed E-state index contributed by atoms with van der Waals surface area (Å²) in [4.78, 5) is 14.3. The van der Waals surface area contributed by atoms with E-state index < -0.39 is 5.54 Å². The molecule has 0 bridgehead atoms. The number of rotatable bonds is 6. The van der Waals surface area contributed by atoms with Crippen LogP contribution in [0.1, 0.15) is 39.2 Å². The van der Waals surface area contributed by atoms with Crippen molar-refractivity contribution in [2.24, 2.45) is 5.73 Å². The second-order valence-electron chi connectivity index (χ2n) is 4.98. The third kappa shape index (κ3) is 3.84. The molecular weight excluding hydrogens is 224 g/mol. The summed E-state index contributed by atoms with van der Waals surface area (Å²) in [7, 11) is 0. The molecule has 0 aliphatic carbocycles. The van der Waals surface area contributed by atoms with Crippen LogP contribution < -0.4 is 5.73 Å². The molecule has 0 radical (unpaired) electrons. The van der Waals surface area contributed by atoms with Crippen LogP contribution in [0.4, 0.5) is 0 Å². The molecule has 1 unspecified atom stereocenters. The summed E-state index contributed by atoms with van der Waals surface area (Å²) in [5, 5.41) is 0. The minimum atomic E-state index is -0.760. The molecule has 1 rings (SSSR count). The van der Waals surface area contributed by atoms with Crippen molar-refractivity contribution in [1.29, 1.82) is 0 Å². The van der Waals surface area contributed by atoms with Crippen molar-refractivity contribution >= 4 is 5.91 Å². The normalized spacial score (nSPS) is 14.0. The number of hydrogen-bond acceptors (Lipinski definition) is 2. The van der Waals surface area contributed by atoms with E-state index in [1.54, 1.807) is 0 Å². The largest absolute Gasteiger partial charge is 0.337 e. The third-order valence-electron chi connectivity index (χ3n) is 3.22. The van der Waals surface area contributed by atoms with E-state index in [4.69, 9.17) is 5.73 Å². The molecule has 0 spiro atoms. The molecule has 0 fully saturated rings. The second kappa shape index (κ2) is 6.55. The molecule has 0 heterocycles. The van der Waals surface area contributed by atoms with Gasteiger partial charge in [-0.15, -0.1) is 0 Å². The lowest BCUT2D eigenvalue weighted by Gasteiger charge is -2.31. The highest BCUT2D eigenvalue weighted by molar-refractivity contribution is 5.85. The predicted octanol–water partition coefficient (Wildman–Crippen LogP) is 2.55. The van der Waals surface area contributed by atoms with Crippen LogP contribution in [0.25, 0.3) is 0 Å². The molecule has 1 aromatic carbocycles. The molecule has 1 amide bonds. The number of benzene rings is 1. The van der Waals surface area contributed by atoms with Crippen LogP contribution in [0.5, 0.6) is 0 Å². The van der Waals surface area contributed by atoms with Crippen LogP contribution in [0.3, 0.4) is 0 Å². The molecule has 0 aliphatic heterocycles. The van der Waals surface area contributed by atoms with E-state index in [1.165, 1.54) is 0 Å². The fourth-order valence-corrected chi connectivity index (χ4v) is 1.84. The first-order valence-electron chi connectivity index (χ1n) is 6.63. The Kier molecular flexibility index (Phi) is 5.35. The fourth-order valence-electron chi connectivity index (χ4n) is 1.84. The summed E-state index contributed by atoms with van der Waals surface area (Å²) in [6, 6.07) is 10.0. The lowest BCUT2D eigenvalue weighted by Crippen LogP contribution is -2.52. The zero-order chi connectivity index (χ0) is 13.6. The van der Waals surface area contributed by atoms with Gasteiger partial charge in [0.2, 0.25) is 5.91 Å².